The summed E-state index contributed by atoms with van der Waals surface area (Å²) in [4.78, 5) is 14.5. The van der Waals surface area contributed by atoms with Crippen molar-refractivity contribution >= 4 is 5.91 Å². The average molecular weight is 295 g/mol. The van der Waals surface area contributed by atoms with Crippen LogP contribution in [0, 0.1) is 11.8 Å². The maximum absolute atomic E-state index is 12.1. The lowest BCUT2D eigenvalue weighted by Gasteiger charge is -2.32. The quantitative estimate of drug-likeness (QED) is 0.788. The van der Waals surface area contributed by atoms with Crippen LogP contribution >= 0.6 is 0 Å². The van der Waals surface area contributed by atoms with E-state index in [2.05, 4.69) is 29.4 Å². The summed E-state index contributed by atoms with van der Waals surface area (Å²) in [6.07, 6.45) is 7.30. The lowest BCUT2D eigenvalue weighted by atomic mass is 9.87. The van der Waals surface area contributed by atoms with Crippen molar-refractivity contribution in [1.82, 2.24) is 15.5 Å². The van der Waals surface area contributed by atoms with Crippen LogP contribution in [0.1, 0.15) is 52.4 Å². The van der Waals surface area contributed by atoms with Gasteiger partial charge in [-0.3, -0.25) is 9.69 Å². The third-order valence-corrected chi connectivity index (χ3v) is 5.14. The van der Waals surface area contributed by atoms with Gasteiger partial charge in [0.25, 0.3) is 0 Å². The van der Waals surface area contributed by atoms with Crippen molar-refractivity contribution in [2.75, 3.05) is 32.7 Å². The van der Waals surface area contributed by atoms with E-state index in [1.807, 2.05) is 0 Å². The number of rotatable bonds is 6. The Labute approximate surface area is 130 Å². The van der Waals surface area contributed by atoms with Gasteiger partial charge in [0.2, 0.25) is 5.91 Å². The van der Waals surface area contributed by atoms with Crippen LogP contribution < -0.4 is 10.6 Å². The van der Waals surface area contributed by atoms with Crippen LogP contribution in [0.2, 0.25) is 0 Å². The number of likely N-dealkylation sites (tertiary alicyclic amines) is 1. The van der Waals surface area contributed by atoms with E-state index in [1.165, 1.54) is 25.7 Å². The van der Waals surface area contributed by atoms with Gasteiger partial charge >= 0.3 is 0 Å². The molecule has 0 atom stereocenters. The Kier molecular flexibility index (Phi) is 6.97. The van der Waals surface area contributed by atoms with E-state index in [0.717, 1.165) is 50.9 Å². The van der Waals surface area contributed by atoms with Gasteiger partial charge in [-0.25, -0.2) is 0 Å². The molecule has 0 spiro atoms. The molecule has 2 aliphatic rings. The molecule has 4 heteroatoms. The summed E-state index contributed by atoms with van der Waals surface area (Å²) < 4.78 is 0. The summed E-state index contributed by atoms with van der Waals surface area (Å²) in [5.41, 5.74) is 0. The van der Waals surface area contributed by atoms with E-state index in [-0.39, 0.29) is 5.91 Å². The summed E-state index contributed by atoms with van der Waals surface area (Å²) >= 11 is 0. The Morgan fingerprint density at radius 2 is 1.76 bits per heavy atom. The van der Waals surface area contributed by atoms with E-state index in [4.69, 9.17) is 0 Å². The Morgan fingerprint density at radius 1 is 1.10 bits per heavy atom. The molecule has 122 valence electrons. The number of carbonyl (C=O) groups is 1. The van der Waals surface area contributed by atoms with Gasteiger partial charge in [-0.15, -0.1) is 0 Å². The molecule has 0 unspecified atom stereocenters. The molecule has 1 saturated carbocycles. The molecule has 1 aliphatic carbocycles. The van der Waals surface area contributed by atoms with Crippen molar-refractivity contribution in [3.63, 3.8) is 0 Å². The number of amides is 1. The molecule has 1 heterocycles. The fraction of sp³-hybridized carbons (Fsp3) is 0.941. The van der Waals surface area contributed by atoms with E-state index in [0.29, 0.717) is 12.6 Å². The molecule has 0 radical (unpaired) electrons. The fourth-order valence-electron chi connectivity index (χ4n) is 3.58. The summed E-state index contributed by atoms with van der Waals surface area (Å²) in [5, 5.41) is 6.67. The molecule has 21 heavy (non-hydrogen) atoms. The second-order valence-electron chi connectivity index (χ2n) is 7.05. The Bertz CT molecular complexity index is 305. The number of nitrogens with zero attached hydrogens (tertiary/aromatic N) is 1. The maximum Gasteiger partial charge on any atom is 0.234 e. The molecule has 0 bridgehead atoms. The molecule has 2 fully saturated rings. The van der Waals surface area contributed by atoms with E-state index in [9.17, 15) is 4.79 Å². The SMILES string of the molecule is CCNCC1CCN(CC(=O)NC2CCC(C)CC2)CC1. The highest BCUT2D eigenvalue weighted by Crippen LogP contribution is 2.23. The van der Waals surface area contributed by atoms with Crippen LogP contribution in [0.15, 0.2) is 0 Å². The van der Waals surface area contributed by atoms with Crippen molar-refractivity contribution in [2.45, 2.75) is 58.4 Å². The molecule has 2 rings (SSSR count). The van der Waals surface area contributed by atoms with Gasteiger partial charge in [-0.2, -0.15) is 0 Å². The summed E-state index contributed by atoms with van der Waals surface area (Å²) in [6, 6.07) is 0.431. The zero-order valence-electron chi connectivity index (χ0n) is 13.9. The monoisotopic (exact) mass is 295 g/mol. The number of carbonyl (C=O) groups excluding carboxylic acids is 1. The van der Waals surface area contributed by atoms with Gasteiger partial charge in [-0.1, -0.05) is 13.8 Å². The van der Waals surface area contributed by atoms with E-state index < -0.39 is 0 Å². The minimum Gasteiger partial charge on any atom is -0.352 e. The Morgan fingerprint density at radius 3 is 2.38 bits per heavy atom. The molecule has 0 aromatic heterocycles. The van der Waals surface area contributed by atoms with Gasteiger partial charge < -0.3 is 10.6 Å². The van der Waals surface area contributed by atoms with Crippen molar-refractivity contribution in [3.8, 4) is 0 Å². The van der Waals surface area contributed by atoms with Crippen LogP contribution in [-0.4, -0.2) is 49.6 Å². The minimum absolute atomic E-state index is 0.236. The smallest absolute Gasteiger partial charge is 0.234 e. The summed E-state index contributed by atoms with van der Waals surface area (Å²) in [5.74, 6) is 1.87. The average Bonchev–Trinajstić information content (AvgIpc) is 2.49. The minimum atomic E-state index is 0.236. The molecule has 1 amide bonds. The Balaban J connectivity index is 1.60. The zero-order valence-corrected chi connectivity index (χ0v) is 13.9. The second-order valence-corrected chi connectivity index (χ2v) is 7.05. The summed E-state index contributed by atoms with van der Waals surface area (Å²) in [7, 11) is 0. The molecule has 0 aromatic carbocycles. The maximum atomic E-state index is 12.1. The predicted octanol–water partition coefficient (Wildman–Crippen LogP) is 2.00. The highest BCUT2D eigenvalue weighted by atomic mass is 16.2. The van der Waals surface area contributed by atoms with Gasteiger partial charge in [0.1, 0.15) is 0 Å². The van der Waals surface area contributed by atoms with Crippen molar-refractivity contribution < 1.29 is 4.79 Å². The highest BCUT2D eigenvalue weighted by Gasteiger charge is 2.23. The molecule has 1 aliphatic heterocycles. The first kappa shape index (κ1) is 16.8. The fourth-order valence-corrected chi connectivity index (χ4v) is 3.58. The topological polar surface area (TPSA) is 44.4 Å². The first-order chi connectivity index (χ1) is 10.2. The van der Waals surface area contributed by atoms with Crippen molar-refractivity contribution in [3.05, 3.63) is 0 Å². The largest absolute Gasteiger partial charge is 0.352 e. The first-order valence-electron chi connectivity index (χ1n) is 8.89. The third kappa shape index (κ3) is 5.95. The predicted molar refractivity (Wildman–Crippen MR) is 87.3 cm³/mol. The Hall–Kier alpha value is -0.610. The number of piperidine rings is 1. The lowest BCUT2D eigenvalue weighted by molar-refractivity contribution is -0.123. The highest BCUT2D eigenvalue weighted by molar-refractivity contribution is 5.78. The molecule has 1 saturated heterocycles. The van der Waals surface area contributed by atoms with Crippen LogP contribution in [0.3, 0.4) is 0 Å². The first-order valence-corrected chi connectivity index (χ1v) is 8.89. The molecular formula is C17H33N3O. The number of hydrogen-bond acceptors (Lipinski definition) is 3. The van der Waals surface area contributed by atoms with E-state index >= 15 is 0 Å². The van der Waals surface area contributed by atoms with Crippen LogP contribution in [0.25, 0.3) is 0 Å². The van der Waals surface area contributed by atoms with Gasteiger partial charge in [0.15, 0.2) is 0 Å². The second kappa shape index (κ2) is 8.74. The van der Waals surface area contributed by atoms with Crippen LogP contribution in [0.4, 0.5) is 0 Å². The molecule has 2 N–H and O–H groups in total. The van der Waals surface area contributed by atoms with Gasteiger partial charge in [-0.05, 0) is 76.5 Å². The lowest BCUT2D eigenvalue weighted by Crippen LogP contribution is -2.46. The van der Waals surface area contributed by atoms with Gasteiger partial charge in [0, 0.05) is 6.04 Å². The normalized spacial score (nSPS) is 28.5. The summed E-state index contributed by atoms with van der Waals surface area (Å²) in [6.45, 7) is 9.41. The van der Waals surface area contributed by atoms with Crippen LogP contribution in [0.5, 0.6) is 0 Å². The molecule has 0 aromatic rings. The standard InChI is InChI=1S/C17H33N3O/c1-3-18-12-15-8-10-20(11-9-15)13-17(21)19-16-6-4-14(2)5-7-16/h14-16,18H,3-13H2,1-2H3,(H,19,21). The molecular weight excluding hydrogens is 262 g/mol. The van der Waals surface area contributed by atoms with Crippen molar-refractivity contribution in [1.29, 1.82) is 0 Å². The van der Waals surface area contributed by atoms with Gasteiger partial charge in [0.05, 0.1) is 6.54 Å². The third-order valence-electron chi connectivity index (χ3n) is 5.14. The molecule has 4 nitrogen and oxygen atoms in total. The zero-order chi connectivity index (χ0) is 15.1. The number of nitrogens with one attached hydrogen (secondary N) is 2. The van der Waals surface area contributed by atoms with E-state index in [1.54, 1.807) is 0 Å². The van der Waals surface area contributed by atoms with Crippen LogP contribution in [-0.2, 0) is 4.79 Å². The van der Waals surface area contributed by atoms with Crippen molar-refractivity contribution in [2.24, 2.45) is 11.8 Å². The number of hydrogen-bond donors (Lipinski definition) is 2.